The number of sulfonamides is 1. The molecular formula is C17H19N7O3S3. The van der Waals surface area contributed by atoms with Gasteiger partial charge >= 0.3 is 6.03 Å². The van der Waals surface area contributed by atoms with E-state index < -0.39 is 16.1 Å². The first-order valence-electron chi connectivity index (χ1n) is 8.75. The Balaban J connectivity index is 1.75. The van der Waals surface area contributed by atoms with E-state index in [1.54, 1.807) is 38.1 Å². The predicted molar refractivity (Wildman–Crippen MR) is 116 cm³/mol. The monoisotopic (exact) mass is 465 g/mol. The van der Waals surface area contributed by atoms with Gasteiger partial charge in [-0.2, -0.15) is 0 Å². The third-order valence-electron chi connectivity index (χ3n) is 3.59. The maximum atomic E-state index is 12.8. The van der Waals surface area contributed by atoms with Crippen molar-refractivity contribution in [3.63, 3.8) is 0 Å². The van der Waals surface area contributed by atoms with Gasteiger partial charge in [0, 0.05) is 17.0 Å². The number of carbonyl (C=O) groups is 1. The Bertz CT molecular complexity index is 1140. The largest absolute Gasteiger partial charge is 0.336 e. The van der Waals surface area contributed by atoms with Crippen LogP contribution < -0.4 is 15.6 Å². The Kier molecular flexibility index (Phi) is 6.97. The number of aromatic nitrogens is 4. The smallest absolute Gasteiger partial charge is 0.275 e. The second-order valence-corrected chi connectivity index (χ2v) is 10.1. The molecule has 0 aliphatic carbocycles. The zero-order valence-corrected chi connectivity index (χ0v) is 18.8. The van der Waals surface area contributed by atoms with Crippen molar-refractivity contribution in [3.05, 3.63) is 41.7 Å². The van der Waals surface area contributed by atoms with E-state index in [1.165, 1.54) is 29.2 Å². The lowest BCUT2D eigenvalue weighted by molar-refractivity contribution is 0.250. The van der Waals surface area contributed by atoms with Crippen LogP contribution in [-0.4, -0.2) is 40.4 Å². The van der Waals surface area contributed by atoms with E-state index in [-0.39, 0.29) is 10.8 Å². The number of benzene rings is 1. The molecule has 2 amide bonds. The van der Waals surface area contributed by atoms with Crippen LogP contribution in [0.1, 0.15) is 18.3 Å². The molecule has 0 fully saturated rings. The molecular weight excluding hydrogens is 446 g/mol. The van der Waals surface area contributed by atoms with Gasteiger partial charge in [-0.05, 0) is 31.7 Å². The Labute approximate surface area is 182 Å². The van der Waals surface area contributed by atoms with Gasteiger partial charge in [-0.15, -0.1) is 15.0 Å². The first kappa shape index (κ1) is 22.1. The minimum Gasteiger partial charge on any atom is -0.275 e. The van der Waals surface area contributed by atoms with Gasteiger partial charge in [0.05, 0.1) is 4.90 Å². The third kappa shape index (κ3) is 5.50. The molecule has 2 heterocycles. The van der Waals surface area contributed by atoms with Crippen LogP contribution in [0.4, 0.5) is 10.7 Å². The summed E-state index contributed by atoms with van der Waals surface area (Å²) in [7, 11) is -4.08. The Hall–Kier alpha value is -2.61. The SMILES string of the molecule is CCSc1nnc(-c2ccccc2S(=O)(=O)NNC(=O)Nc2nc(C)cc(C)n2)s1. The number of hydrazine groups is 1. The van der Waals surface area contributed by atoms with Crippen LogP contribution in [0.5, 0.6) is 0 Å². The maximum Gasteiger partial charge on any atom is 0.336 e. The average molecular weight is 466 g/mol. The molecule has 158 valence electrons. The number of carbonyl (C=O) groups excluding carboxylic acids is 1. The Morgan fingerprint density at radius 1 is 1.13 bits per heavy atom. The topological polar surface area (TPSA) is 139 Å². The minimum absolute atomic E-state index is 0.0304. The Morgan fingerprint density at radius 3 is 2.53 bits per heavy atom. The zero-order valence-electron chi connectivity index (χ0n) is 16.3. The van der Waals surface area contributed by atoms with Gasteiger partial charge in [0.15, 0.2) is 4.34 Å². The lowest BCUT2D eigenvalue weighted by Crippen LogP contribution is -2.44. The fraction of sp³-hybridized carbons (Fsp3) is 0.235. The van der Waals surface area contributed by atoms with Crippen LogP contribution in [0, 0.1) is 13.8 Å². The summed E-state index contributed by atoms with van der Waals surface area (Å²) < 4.78 is 26.3. The summed E-state index contributed by atoms with van der Waals surface area (Å²) in [5, 5.41) is 11.0. The highest BCUT2D eigenvalue weighted by atomic mass is 32.2. The molecule has 0 saturated carbocycles. The average Bonchev–Trinajstić information content (AvgIpc) is 3.15. The molecule has 13 heteroatoms. The summed E-state index contributed by atoms with van der Waals surface area (Å²) >= 11 is 2.83. The van der Waals surface area contributed by atoms with E-state index in [0.29, 0.717) is 22.0 Å². The molecule has 0 aliphatic rings. The fourth-order valence-corrected chi connectivity index (χ4v) is 5.36. The second kappa shape index (κ2) is 9.47. The molecule has 3 aromatic rings. The molecule has 0 spiro atoms. The number of thioether (sulfide) groups is 1. The van der Waals surface area contributed by atoms with Gasteiger partial charge in [0.1, 0.15) is 5.01 Å². The quantitative estimate of drug-likeness (QED) is 0.358. The highest BCUT2D eigenvalue weighted by molar-refractivity contribution is 8.01. The summed E-state index contributed by atoms with van der Waals surface area (Å²) in [5.74, 6) is 0.902. The van der Waals surface area contributed by atoms with Gasteiger partial charge in [-0.1, -0.05) is 48.2 Å². The lowest BCUT2D eigenvalue weighted by atomic mass is 10.2. The standard InChI is InChI=1S/C17H19N7O3S3/c1-4-28-17-23-21-14(29-17)12-7-5-6-8-13(12)30(26,27)24-22-16(25)20-15-18-10(2)9-11(3)19-15/h5-9,24H,4H2,1-3H3,(H2,18,19,20,22,25). The normalized spacial score (nSPS) is 11.3. The minimum atomic E-state index is -4.08. The lowest BCUT2D eigenvalue weighted by Gasteiger charge is -2.11. The van der Waals surface area contributed by atoms with Crippen molar-refractivity contribution in [1.82, 2.24) is 30.4 Å². The number of amides is 2. The van der Waals surface area contributed by atoms with Crippen LogP contribution in [0.2, 0.25) is 0 Å². The van der Waals surface area contributed by atoms with Gasteiger partial charge < -0.3 is 0 Å². The molecule has 0 aliphatic heterocycles. The number of anilines is 1. The maximum absolute atomic E-state index is 12.8. The van der Waals surface area contributed by atoms with Crippen LogP contribution in [0.3, 0.4) is 0 Å². The second-order valence-electron chi connectivity index (χ2n) is 5.96. The van der Waals surface area contributed by atoms with Crippen molar-refractivity contribution >= 4 is 45.1 Å². The first-order chi connectivity index (χ1) is 14.3. The van der Waals surface area contributed by atoms with Crippen molar-refractivity contribution in [2.24, 2.45) is 0 Å². The van der Waals surface area contributed by atoms with E-state index in [1.807, 2.05) is 6.92 Å². The number of hydrogen-bond acceptors (Lipinski definition) is 9. The van der Waals surface area contributed by atoms with E-state index in [4.69, 9.17) is 0 Å². The van der Waals surface area contributed by atoms with Crippen LogP contribution in [-0.2, 0) is 10.0 Å². The highest BCUT2D eigenvalue weighted by Crippen LogP contribution is 2.32. The summed E-state index contributed by atoms with van der Waals surface area (Å²) in [6.07, 6.45) is 0. The van der Waals surface area contributed by atoms with E-state index in [2.05, 4.69) is 35.7 Å². The number of urea groups is 1. The first-order valence-corrected chi connectivity index (χ1v) is 12.0. The van der Waals surface area contributed by atoms with Gasteiger partial charge in [0.25, 0.3) is 10.0 Å². The van der Waals surface area contributed by atoms with Crippen molar-refractivity contribution in [1.29, 1.82) is 0 Å². The highest BCUT2D eigenvalue weighted by Gasteiger charge is 2.22. The van der Waals surface area contributed by atoms with Gasteiger partial charge in [0.2, 0.25) is 5.95 Å². The zero-order chi connectivity index (χ0) is 21.7. The summed E-state index contributed by atoms with van der Waals surface area (Å²) in [6, 6.07) is 7.29. The van der Waals surface area contributed by atoms with Crippen LogP contribution in [0.15, 0.2) is 39.6 Å². The summed E-state index contributed by atoms with van der Waals surface area (Å²) in [4.78, 5) is 22.3. The molecule has 3 N–H and O–H groups in total. The predicted octanol–water partition coefficient (Wildman–Crippen LogP) is 2.74. The van der Waals surface area contributed by atoms with Crippen molar-refractivity contribution in [3.8, 4) is 10.6 Å². The molecule has 0 unspecified atom stereocenters. The summed E-state index contributed by atoms with van der Waals surface area (Å²) in [6.45, 7) is 5.51. The number of hydrogen-bond donors (Lipinski definition) is 3. The van der Waals surface area contributed by atoms with Gasteiger partial charge in [-0.3, -0.25) is 10.7 Å². The summed E-state index contributed by atoms with van der Waals surface area (Å²) in [5.41, 5.74) is 3.84. The van der Waals surface area contributed by atoms with E-state index in [0.717, 1.165) is 10.1 Å². The van der Waals surface area contributed by atoms with Crippen molar-refractivity contribution in [2.45, 2.75) is 30.0 Å². The number of aryl methyl sites for hydroxylation is 2. The van der Waals surface area contributed by atoms with E-state index in [9.17, 15) is 13.2 Å². The van der Waals surface area contributed by atoms with Crippen molar-refractivity contribution < 1.29 is 13.2 Å². The molecule has 0 bridgehead atoms. The van der Waals surface area contributed by atoms with E-state index >= 15 is 0 Å². The third-order valence-corrected chi connectivity index (χ3v) is 6.87. The number of rotatable bonds is 7. The molecule has 1 aromatic carbocycles. The van der Waals surface area contributed by atoms with Crippen molar-refractivity contribution in [2.75, 3.05) is 11.1 Å². The molecule has 3 rings (SSSR count). The molecule has 0 radical (unpaired) electrons. The molecule has 0 atom stereocenters. The molecule has 0 saturated heterocycles. The molecule has 2 aromatic heterocycles. The number of nitrogens with zero attached hydrogens (tertiary/aromatic N) is 4. The van der Waals surface area contributed by atoms with Gasteiger partial charge in [-0.25, -0.2) is 23.2 Å². The number of nitrogens with one attached hydrogen (secondary N) is 3. The molecule has 30 heavy (non-hydrogen) atoms. The van der Waals surface area contributed by atoms with Crippen LogP contribution in [0.25, 0.3) is 10.6 Å². The molecule has 10 nitrogen and oxygen atoms in total. The van der Waals surface area contributed by atoms with Crippen LogP contribution >= 0.6 is 23.1 Å². The fourth-order valence-electron chi connectivity index (χ4n) is 2.46. The Morgan fingerprint density at radius 2 is 1.83 bits per heavy atom.